The van der Waals surface area contributed by atoms with Gasteiger partial charge in [-0.15, -0.1) is 0 Å². The predicted octanol–water partition coefficient (Wildman–Crippen LogP) is 4.42. The highest BCUT2D eigenvalue weighted by Crippen LogP contribution is 2.27. The molecule has 0 bridgehead atoms. The first-order chi connectivity index (χ1) is 9.56. The molecule has 0 aliphatic rings. The molecule has 1 aromatic heterocycles. The fourth-order valence-corrected chi connectivity index (χ4v) is 2.28. The minimum Gasteiger partial charge on any atom is -0.452 e. The molecule has 0 fully saturated rings. The van der Waals surface area contributed by atoms with Gasteiger partial charge in [0, 0.05) is 16.5 Å². The van der Waals surface area contributed by atoms with Gasteiger partial charge in [-0.05, 0) is 49.7 Å². The summed E-state index contributed by atoms with van der Waals surface area (Å²) in [6.45, 7) is 3.83. The molecule has 0 radical (unpaired) electrons. The monoisotopic (exact) mass is 268 g/mol. The van der Waals surface area contributed by atoms with E-state index >= 15 is 0 Å². The van der Waals surface area contributed by atoms with E-state index in [0.717, 1.165) is 16.5 Å². The summed E-state index contributed by atoms with van der Waals surface area (Å²) in [4.78, 5) is 12.4. The molecule has 0 aliphatic carbocycles. The van der Waals surface area contributed by atoms with E-state index in [1.807, 2.05) is 32.0 Å². The number of carbonyl (C=O) groups excluding carboxylic acids is 1. The lowest BCUT2D eigenvalue weighted by Crippen LogP contribution is -2.01. The number of halogens is 1. The van der Waals surface area contributed by atoms with Crippen molar-refractivity contribution in [2.75, 3.05) is 0 Å². The average Bonchev–Trinajstić information content (AvgIpc) is 2.75. The molecule has 0 N–H and O–H groups in total. The van der Waals surface area contributed by atoms with Crippen molar-refractivity contribution in [1.82, 2.24) is 0 Å². The van der Waals surface area contributed by atoms with Gasteiger partial charge < -0.3 is 4.42 Å². The molecule has 2 nitrogen and oxygen atoms in total. The van der Waals surface area contributed by atoms with Crippen molar-refractivity contribution in [2.45, 2.75) is 13.8 Å². The molecule has 0 saturated heterocycles. The van der Waals surface area contributed by atoms with Crippen LogP contribution >= 0.6 is 0 Å². The number of carbonyl (C=O) groups is 1. The van der Waals surface area contributed by atoms with Crippen LogP contribution in [0.15, 0.2) is 46.9 Å². The third kappa shape index (κ3) is 2.01. The van der Waals surface area contributed by atoms with E-state index in [1.165, 1.54) is 24.3 Å². The smallest absolute Gasteiger partial charge is 0.228 e. The van der Waals surface area contributed by atoms with Gasteiger partial charge in [-0.3, -0.25) is 4.79 Å². The van der Waals surface area contributed by atoms with Gasteiger partial charge in [-0.25, -0.2) is 4.39 Å². The van der Waals surface area contributed by atoms with Gasteiger partial charge in [0.2, 0.25) is 5.78 Å². The van der Waals surface area contributed by atoms with Gasteiger partial charge in [0.25, 0.3) is 0 Å². The molecule has 3 aromatic rings. The Morgan fingerprint density at radius 2 is 1.75 bits per heavy atom. The number of hydrogen-bond acceptors (Lipinski definition) is 2. The molecule has 0 aliphatic heterocycles. The second-order valence-electron chi connectivity index (χ2n) is 4.89. The number of hydrogen-bond donors (Lipinski definition) is 0. The van der Waals surface area contributed by atoms with E-state index in [-0.39, 0.29) is 11.6 Å². The number of fused-ring (bicyclic) bond motifs is 1. The number of aryl methyl sites for hydroxylation is 2. The van der Waals surface area contributed by atoms with Crippen LogP contribution in [0, 0.1) is 19.7 Å². The minimum atomic E-state index is -0.362. The zero-order chi connectivity index (χ0) is 14.3. The quantitative estimate of drug-likeness (QED) is 0.644. The summed E-state index contributed by atoms with van der Waals surface area (Å²) in [5.41, 5.74) is 3.01. The van der Waals surface area contributed by atoms with Crippen molar-refractivity contribution in [3.63, 3.8) is 0 Å². The zero-order valence-corrected chi connectivity index (χ0v) is 11.2. The second-order valence-corrected chi connectivity index (χ2v) is 4.89. The van der Waals surface area contributed by atoms with Crippen LogP contribution in [-0.4, -0.2) is 5.78 Å². The molecule has 0 saturated carbocycles. The lowest BCUT2D eigenvalue weighted by atomic mass is 10.0. The van der Waals surface area contributed by atoms with Gasteiger partial charge >= 0.3 is 0 Å². The van der Waals surface area contributed by atoms with Crippen LogP contribution in [0.5, 0.6) is 0 Å². The Kier molecular flexibility index (Phi) is 2.90. The Morgan fingerprint density at radius 1 is 1.05 bits per heavy atom. The molecule has 3 heteroatoms. The number of rotatable bonds is 2. The van der Waals surface area contributed by atoms with Gasteiger partial charge in [0.15, 0.2) is 5.76 Å². The Morgan fingerprint density at radius 3 is 2.45 bits per heavy atom. The van der Waals surface area contributed by atoms with Crippen LogP contribution in [-0.2, 0) is 0 Å². The normalized spacial score (nSPS) is 10.9. The van der Waals surface area contributed by atoms with E-state index in [9.17, 15) is 9.18 Å². The molecule has 1 heterocycles. The Bertz CT molecular complexity index is 798. The topological polar surface area (TPSA) is 30.2 Å². The average molecular weight is 268 g/mol. The van der Waals surface area contributed by atoms with Gasteiger partial charge in [0.1, 0.15) is 11.4 Å². The summed E-state index contributed by atoms with van der Waals surface area (Å²) in [6, 6.07) is 11.3. The van der Waals surface area contributed by atoms with Crippen molar-refractivity contribution in [2.24, 2.45) is 0 Å². The molecular weight excluding hydrogens is 255 g/mol. The van der Waals surface area contributed by atoms with Crippen molar-refractivity contribution >= 4 is 16.8 Å². The maximum atomic E-state index is 12.9. The van der Waals surface area contributed by atoms with Crippen LogP contribution in [0.2, 0.25) is 0 Å². The molecule has 0 atom stereocenters. The molecule has 20 heavy (non-hydrogen) atoms. The SMILES string of the molecule is Cc1ccc2c(C)c(C(=O)c3ccc(F)cc3)oc2c1. The zero-order valence-electron chi connectivity index (χ0n) is 11.2. The predicted molar refractivity (Wildman–Crippen MR) is 75.5 cm³/mol. The molecule has 0 unspecified atom stereocenters. The fourth-order valence-electron chi connectivity index (χ4n) is 2.28. The molecule has 0 amide bonds. The third-order valence-electron chi connectivity index (χ3n) is 3.41. The molecule has 2 aromatic carbocycles. The number of ketones is 1. The van der Waals surface area contributed by atoms with E-state index in [2.05, 4.69) is 0 Å². The highest BCUT2D eigenvalue weighted by atomic mass is 19.1. The molecule has 3 rings (SSSR count). The van der Waals surface area contributed by atoms with Crippen molar-refractivity contribution in [3.8, 4) is 0 Å². The van der Waals surface area contributed by atoms with Crippen LogP contribution in [0.3, 0.4) is 0 Å². The fraction of sp³-hybridized carbons (Fsp3) is 0.118. The summed E-state index contributed by atoms with van der Waals surface area (Å²) in [6.07, 6.45) is 0. The number of furan rings is 1. The lowest BCUT2D eigenvalue weighted by Gasteiger charge is -1.98. The molecular formula is C17H13FO2. The largest absolute Gasteiger partial charge is 0.452 e. The first-order valence-corrected chi connectivity index (χ1v) is 6.36. The van der Waals surface area contributed by atoms with Gasteiger partial charge in [-0.2, -0.15) is 0 Å². The van der Waals surface area contributed by atoms with Crippen molar-refractivity contribution in [1.29, 1.82) is 0 Å². The van der Waals surface area contributed by atoms with E-state index in [1.54, 1.807) is 0 Å². The van der Waals surface area contributed by atoms with Gasteiger partial charge in [-0.1, -0.05) is 12.1 Å². The summed E-state index contributed by atoms with van der Waals surface area (Å²) in [5, 5.41) is 0.932. The maximum absolute atomic E-state index is 12.9. The summed E-state index contributed by atoms with van der Waals surface area (Å²) < 4.78 is 18.6. The highest BCUT2D eigenvalue weighted by molar-refractivity contribution is 6.10. The maximum Gasteiger partial charge on any atom is 0.228 e. The second kappa shape index (κ2) is 4.60. The van der Waals surface area contributed by atoms with Crippen LogP contribution in [0.25, 0.3) is 11.0 Å². The summed E-state index contributed by atoms with van der Waals surface area (Å²) in [7, 11) is 0. The Balaban J connectivity index is 2.12. The van der Waals surface area contributed by atoms with E-state index in [0.29, 0.717) is 16.9 Å². The van der Waals surface area contributed by atoms with Crippen LogP contribution in [0.1, 0.15) is 27.2 Å². The number of benzene rings is 2. The van der Waals surface area contributed by atoms with E-state index < -0.39 is 0 Å². The minimum absolute atomic E-state index is 0.226. The lowest BCUT2D eigenvalue weighted by molar-refractivity contribution is 0.101. The third-order valence-corrected chi connectivity index (χ3v) is 3.41. The van der Waals surface area contributed by atoms with Crippen molar-refractivity contribution in [3.05, 3.63) is 70.7 Å². The first-order valence-electron chi connectivity index (χ1n) is 6.36. The van der Waals surface area contributed by atoms with Gasteiger partial charge in [0.05, 0.1) is 0 Å². The Hall–Kier alpha value is -2.42. The van der Waals surface area contributed by atoms with Crippen LogP contribution in [0.4, 0.5) is 4.39 Å². The first kappa shape index (κ1) is 12.6. The van der Waals surface area contributed by atoms with E-state index in [4.69, 9.17) is 4.42 Å². The Labute approximate surface area is 115 Å². The standard InChI is InChI=1S/C17H13FO2/c1-10-3-8-14-11(2)17(20-15(14)9-10)16(19)12-4-6-13(18)7-5-12/h3-9H,1-2H3. The summed E-state index contributed by atoms with van der Waals surface area (Å²) >= 11 is 0. The highest BCUT2D eigenvalue weighted by Gasteiger charge is 2.19. The molecule has 100 valence electrons. The summed E-state index contributed by atoms with van der Waals surface area (Å²) in [5.74, 6) is -0.271. The van der Waals surface area contributed by atoms with Crippen molar-refractivity contribution < 1.29 is 13.6 Å². The molecule has 0 spiro atoms. The van der Waals surface area contributed by atoms with Crippen LogP contribution < -0.4 is 0 Å².